The molecule has 5 rings (SSSR count). The molecule has 1 aromatic heterocycles. The molecule has 2 heterocycles. The van der Waals surface area contributed by atoms with Gasteiger partial charge < -0.3 is 10.3 Å². The molecular formula is C26H29F3N4O3. The predicted octanol–water partition coefficient (Wildman–Crippen LogP) is 3.98. The van der Waals surface area contributed by atoms with E-state index in [1.807, 2.05) is 0 Å². The number of carbonyl (C=O) groups is 2. The van der Waals surface area contributed by atoms with Gasteiger partial charge in [0.1, 0.15) is 5.78 Å². The third kappa shape index (κ3) is 5.38. The molecule has 3 fully saturated rings. The van der Waals surface area contributed by atoms with Crippen molar-refractivity contribution in [1.82, 2.24) is 14.9 Å². The van der Waals surface area contributed by atoms with Gasteiger partial charge in [0.15, 0.2) is 0 Å². The van der Waals surface area contributed by atoms with Gasteiger partial charge in [-0.25, -0.2) is 9.78 Å². The third-order valence-electron chi connectivity index (χ3n) is 8.04. The fraction of sp³-hybridized carbons (Fsp3) is 0.538. The number of fused-ring (bicyclic) bond motifs is 1. The number of piperidine rings is 1. The Labute approximate surface area is 206 Å². The van der Waals surface area contributed by atoms with Crippen LogP contribution in [0.15, 0.2) is 41.5 Å². The molecule has 3 atom stereocenters. The number of alkyl halides is 3. The number of nitrogens with one attached hydrogen (secondary N) is 2. The number of aromatic nitrogens is 2. The molecule has 7 nitrogen and oxygen atoms in total. The van der Waals surface area contributed by atoms with E-state index in [0.717, 1.165) is 56.5 Å². The van der Waals surface area contributed by atoms with Gasteiger partial charge in [-0.3, -0.25) is 14.5 Å². The van der Waals surface area contributed by atoms with Crippen LogP contribution < -0.4 is 11.0 Å². The molecule has 1 aliphatic heterocycles. The molecule has 3 aliphatic rings. The topological polar surface area (TPSA) is 95.2 Å². The third-order valence-corrected chi connectivity index (χ3v) is 8.04. The summed E-state index contributed by atoms with van der Waals surface area (Å²) in [5.41, 5.74) is 0.00521. The van der Waals surface area contributed by atoms with Crippen LogP contribution in [0, 0.1) is 17.8 Å². The van der Waals surface area contributed by atoms with Crippen molar-refractivity contribution in [3.63, 3.8) is 0 Å². The zero-order chi connectivity index (χ0) is 25.4. The number of nitrogens with zero attached hydrogens (tertiary/aromatic N) is 2. The first kappa shape index (κ1) is 24.7. The van der Waals surface area contributed by atoms with E-state index < -0.39 is 17.6 Å². The Hall–Kier alpha value is -3.01. The van der Waals surface area contributed by atoms with E-state index in [0.29, 0.717) is 23.8 Å². The summed E-state index contributed by atoms with van der Waals surface area (Å²) in [6.45, 7) is 1.82. The average Bonchev–Trinajstić information content (AvgIpc) is 3.36. The van der Waals surface area contributed by atoms with Crippen LogP contribution in [0.1, 0.15) is 55.6 Å². The molecule has 2 aromatic rings. The molecular weight excluding hydrogens is 473 g/mol. The second-order valence-electron chi connectivity index (χ2n) is 10.3. The maximum atomic E-state index is 12.8. The van der Waals surface area contributed by atoms with E-state index >= 15 is 0 Å². The molecule has 1 saturated heterocycles. The molecule has 1 aromatic carbocycles. The summed E-state index contributed by atoms with van der Waals surface area (Å²) in [5.74, 6) is 0.753. The van der Waals surface area contributed by atoms with Crippen molar-refractivity contribution in [3.05, 3.63) is 58.3 Å². The van der Waals surface area contributed by atoms with E-state index in [1.165, 1.54) is 12.1 Å². The second-order valence-corrected chi connectivity index (χ2v) is 10.3. The molecule has 1 amide bonds. The lowest BCUT2D eigenvalue weighted by atomic mass is 9.82. The van der Waals surface area contributed by atoms with E-state index in [4.69, 9.17) is 0 Å². The Morgan fingerprint density at radius 1 is 1.08 bits per heavy atom. The van der Waals surface area contributed by atoms with Crippen molar-refractivity contribution in [1.29, 1.82) is 0 Å². The Bertz CT molecular complexity index is 1160. The highest BCUT2D eigenvalue weighted by Gasteiger charge is 2.59. The smallest absolute Gasteiger partial charge is 0.326 e. The number of aromatic amines is 1. The largest absolute Gasteiger partial charge is 0.416 e. The van der Waals surface area contributed by atoms with Crippen LogP contribution in [0.5, 0.6) is 0 Å². The quantitative estimate of drug-likeness (QED) is 0.597. The number of hydrogen-bond acceptors (Lipinski definition) is 5. The normalized spacial score (nSPS) is 27.9. The van der Waals surface area contributed by atoms with Crippen LogP contribution in [-0.4, -0.2) is 45.7 Å². The Balaban J connectivity index is 1.03. The van der Waals surface area contributed by atoms with E-state index in [9.17, 15) is 27.6 Å². The molecule has 0 radical (unpaired) electrons. The highest BCUT2D eigenvalue weighted by Crippen LogP contribution is 2.54. The summed E-state index contributed by atoms with van der Waals surface area (Å²) in [4.78, 5) is 45.0. The Morgan fingerprint density at radius 2 is 1.81 bits per heavy atom. The van der Waals surface area contributed by atoms with E-state index in [-0.39, 0.29) is 35.9 Å². The van der Waals surface area contributed by atoms with Gasteiger partial charge in [-0.05, 0) is 67.2 Å². The van der Waals surface area contributed by atoms with Crippen LogP contribution in [0.3, 0.4) is 0 Å². The van der Waals surface area contributed by atoms with Crippen molar-refractivity contribution in [2.45, 2.75) is 56.7 Å². The highest BCUT2D eigenvalue weighted by molar-refractivity contribution is 5.94. The molecule has 0 bridgehead atoms. The van der Waals surface area contributed by atoms with Crippen molar-refractivity contribution in [2.75, 3.05) is 18.4 Å². The molecule has 0 spiro atoms. The summed E-state index contributed by atoms with van der Waals surface area (Å²) in [5, 5.41) is 2.47. The fourth-order valence-corrected chi connectivity index (χ4v) is 6.09. The number of benzene rings is 1. The minimum atomic E-state index is -4.48. The zero-order valence-corrected chi connectivity index (χ0v) is 19.8. The lowest BCUT2D eigenvalue weighted by Gasteiger charge is -2.35. The number of carbonyl (C=O) groups excluding carboxylic acids is 2. The average molecular weight is 503 g/mol. The van der Waals surface area contributed by atoms with Crippen LogP contribution in [0.25, 0.3) is 0 Å². The maximum absolute atomic E-state index is 12.8. The van der Waals surface area contributed by atoms with Gasteiger partial charge in [0.25, 0.3) is 0 Å². The zero-order valence-electron chi connectivity index (χ0n) is 19.8. The molecule has 2 saturated carbocycles. The van der Waals surface area contributed by atoms with E-state index in [1.54, 1.807) is 12.4 Å². The molecule has 192 valence electrons. The maximum Gasteiger partial charge on any atom is 0.416 e. The Morgan fingerprint density at radius 3 is 2.44 bits per heavy atom. The van der Waals surface area contributed by atoms with Gasteiger partial charge in [-0.1, -0.05) is 6.07 Å². The van der Waals surface area contributed by atoms with Gasteiger partial charge in [-0.15, -0.1) is 0 Å². The minimum Gasteiger partial charge on any atom is -0.326 e. The van der Waals surface area contributed by atoms with E-state index in [2.05, 4.69) is 20.2 Å². The summed E-state index contributed by atoms with van der Waals surface area (Å²) in [6.07, 6.45) is 3.30. The number of ketones is 1. The van der Waals surface area contributed by atoms with Gasteiger partial charge in [0.05, 0.1) is 5.56 Å². The standard InChI is InChI=1S/C26H29F3N4O3/c27-26(28,29)17-2-1-3-18(10-17)32-23(35)9-8-22(34)24-20-13-33(14-21(20)24)19-6-4-15(5-7-19)16-11-30-25(36)31-12-16/h1-3,10-12,15,19-21,24H,4-9,13-14H2,(H,32,35)(H,30,31,36)/t15?,19?,20-,21+,24?. The van der Waals surface area contributed by atoms with Crippen molar-refractivity contribution in [2.24, 2.45) is 17.8 Å². The monoisotopic (exact) mass is 502 g/mol. The lowest BCUT2D eigenvalue weighted by molar-refractivity contribution is -0.137. The van der Waals surface area contributed by atoms with Crippen LogP contribution in [0.4, 0.5) is 18.9 Å². The molecule has 2 aliphatic carbocycles. The molecule has 10 heteroatoms. The number of halogens is 3. The summed E-state index contributed by atoms with van der Waals surface area (Å²) in [7, 11) is 0. The number of rotatable bonds is 7. The summed E-state index contributed by atoms with van der Waals surface area (Å²) >= 11 is 0. The van der Waals surface area contributed by atoms with Crippen LogP contribution >= 0.6 is 0 Å². The minimum absolute atomic E-state index is 0.00571. The van der Waals surface area contributed by atoms with Gasteiger partial charge >= 0.3 is 11.9 Å². The van der Waals surface area contributed by atoms with Crippen molar-refractivity contribution < 1.29 is 22.8 Å². The van der Waals surface area contributed by atoms with Crippen molar-refractivity contribution in [3.8, 4) is 0 Å². The number of hydrogen-bond donors (Lipinski definition) is 2. The number of likely N-dealkylation sites (tertiary alicyclic amines) is 1. The van der Waals surface area contributed by atoms with Crippen molar-refractivity contribution >= 4 is 17.4 Å². The first-order valence-corrected chi connectivity index (χ1v) is 12.5. The van der Waals surface area contributed by atoms with Gasteiger partial charge in [0.2, 0.25) is 5.91 Å². The number of H-pyrrole nitrogens is 1. The molecule has 1 unspecified atom stereocenters. The number of Topliss-reactive ketones (excluding diaryl/α,β-unsaturated/α-hetero) is 1. The number of anilines is 1. The summed E-state index contributed by atoms with van der Waals surface area (Å²) in [6, 6.07) is 5.00. The second kappa shape index (κ2) is 9.80. The van der Waals surface area contributed by atoms with Gasteiger partial charge in [0, 0.05) is 56.0 Å². The van der Waals surface area contributed by atoms with Crippen LogP contribution in [0.2, 0.25) is 0 Å². The molecule has 2 N–H and O–H groups in total. The molecule has 36 heavy (non-hydrogen) atoms. The number of amides is 1. The lowest BCUT2D eigenvalue weighted by Crippen LogP contribution is -2.38. The SMILES string of the molecule is O=C(CCC(=O)C1[C@H]2CN(C3CCC(c4cnc(=O)[nH]c4)CC3)C[C@@H]12)Nc1cccc(C(F)(F)F)c1. The van der Waals surface area contributed by atoms with Crippen LogP contribution in [-0.2, 0) is 15.8 Å². The predicted molar refractivity (Wildman–Crippen MR) is 126 cm³/mol. The first-order valence-electron chi connectivity index (χ1n) is 12.5. The first-order chi connectivity index (χ1) is 17.2. The Kier molecular flexibility index (Phi) is 6.72. The summed E-state index contributed by atoms with van der Waals surface area (Å²) < 4.78 is 38.5. The fourth-order valence-electron chi connectivity index (χ4n) is 6.09. The highest BCUT2D eigenvalue weighted by atomic mass is 19.4. The van der Waals surface area contributed by atoms with Gasteiger partial charge in [-0.2, -0.15) is 13.2 Å².